The number of anilines is 1. The van der Waals surface area contributed by atoms with Gasteiger partial charge >= 0.3 is 0 Å². The number of carbonyl (C=O) groups is 2. The third-order valence-corrected chi connectivity index (χ3v) is 6.54. The van der Waals surface area contributed by atoms with Crippen molar-refractivity contribution in [3.63, 3.8) is 0 Å². The van der Waals surface area contributed by atoms with E-state index in [1.165, 1.54) is 30.6 Å². The number of nitrogens with one attached hydrogen (secondary N) is 2. The van der Waals surface area contributed by atoms with Gasteiger partial charge < -0.3 is 5.32 Å². The first kappa shape index (κ1) is 20.8. The Hall–Kier alpha value is -1.93. The molecule has 1 aromatic heterocycles. The SMILES string of the molecule is CSCC[C@H](NC(=O)c1ccccc1)C(=O)Nc1nnc(C2CCCCC2)s1. The topological polar surface area (TPSA) is 84.0 Å². The Kier molecular flexibility index (Phi) is 7.85. The Morgan fingerprint density at radius 3 is 2.64 bits per heavy atom. The van der Waals surface area contributed by atoms with Crippen molar-refractivity contribution in [2.24, 2.45) is 0 Å². The molecule has 1 atom stereocenters. The third-order valence-electron chi connectivity index (χ3n) is 4.89. The lowest BCUT2D eigenvalue weighted by Gasteiger charge is -2.18. The first-order valence-corrected chi connectivity index (χ1v) is 11.9. The summed E-state index contributed by atoms with van der Waals surface area (Å²) >= 11 is 3.09. The van der Waals surface area contributed by atoms with Crippen LogP contribution in [0.4, 0.5) is 5.13 Å². The standard InChI is InChI=1S/C20H26N4O2S2/c1-27-13-12-16(21-17(25)14-8-4-2-5-9-14)18(26)22-20-24-23-19(28-20)15-10-6-3-7-11-15/h2,4-5,8-9,15-16H,3,6-7,10-13H2,1H3,(H,21,25)(H,22,24,26)/t16-/m0/s1. The zero-order chi connectivity index (χ0) is 19.8. The molecule has 1 fully saturated rings. The average Bonchev–Trinajstić information content (AvgIpc) is 3.20. The molecule has 1 aliphatic rings. The van der Waals surface area contributed by atoms with Gasteiger partial charge in [0.25, 0.3) is 5.91 Å². The minimum atomic E-state index is -0.609. The Balaban J connectivity index is 1.62. The highest BCUT2D eigenvalue weighted by atomic mass is 32.2. The van der Waals surface area contributed by atoms with Crippen LogP contribution in [0.3, 0.4) is 0 Å². The minimum Gasteiger partial charge on any atom is -0.340 e. The van der Waals surface area contributed by atoms with E-state index < -0.39 is 6.04 Å². The number of carbonyl (C=O) groups excluding carboxylic acids is 2. The summed E-state index contributed by atoms with van der Waals surface area (Å²) in [6, 6.07) is 8.33. The van der Waals surface area contributed by atoms with Crippen LogP contribution in [0.5, 0.6) is 0 Å². The maximum absolute atomic E-state index is 12.8. The van der Waals surface area contributed by atoms with Gasteiger partial charge in [0, 0.05) is 11.5 Å². The van der Waals surface area contributed by atoms with Crippen LogP contribution in [0.15, 0.2) is 30.3 Å². The molecular formula is C20H26N4O2S2. The quantitative estimate of drug-likeness (QED) is 0.675. The first-order chi connectivity index (χ1) is 13.7. The van der Waals surface area contributed by atoms with Gasteiger partial charge in [-0.15, -0.1) is 10.2 Å². The van der Waals surface area contributed by atoms with Gasteiger partial charge in [-0.05, 0) is 43.4 Å². The van der Waals surface area contributed by atoms with E-state index in [1.54, 1.807) is 36.0 Å². The van der Waals surface area contributed by atoms with E-state index in [-0.39, 0.29) is 11.8 Å². The predicted molar refractivity (Wildman–Crippen MR) is 115 cm³/mol. The molecule has 6 nitrogen and oxygen atoms in total. The molecule has 1 aromatic carbocycles. The van der Waals surface area contributed by atoms with Crippen molar-refractivity contribution in [2.75, 3.05) is 17.3 Å². The van der Waals surface area contributed by atoms with E-state index >= 15 is 0 Å². The van der Waals surface area contributed by atoms with Gasteiger partial charge in [-0.1, -0.05) is 48.8 Å². The number of aromatic nitrogens is 2. The van der Waals surface area contributed by atoms with Crippen molar-refractivity contribution in [1.82, 2.24) is 15.5 Å². The highest BCUT2D eigenvalue weighted by molar-refractivity contribution is 7.98. The normalized spacial score (nSPS) is 15.8. The monoisotopic (exact) mass is 418 g/mol. The summed E-state index contributed by atoms with van der Waals surface area (Å²) in [5.74, 6) is 0.741. The van der Waals surface area contributed by atoms with E-state index in [0.717, 1.165) is 23.6 Å². The summed E-state index contributed by atoms with van der Waals surface area (Å²) in [4.78, 5) is 25.2. The number of hydrogen-bond acceptors (Lipinski definition) is 6. The molecule has 0 unspecified atom stereocenters. The van der Waals surface area contributed by atoms with E-state index in [9.17, 15) is 9.59 Å². The van der Waals surface area contributed by atoms with Gasteiger partial charge in [-0.3, -0.25) is 14.9 Å². The summed E-state index contributed by atoms with van der Waals surface area (Å²) in [7, 11) is 0. The summed E-state index contributed by atoms with van der Waals surface area (Å²) in [5.41, 5.74) is 0.542. The van der Waals surface area contributed by atoms with E-state index in [4.69, 9.17) is 0 Å². The molecule has 28 heavy (non-hydrogen) atoms. The second kappa shape index (κ2) is 10.6. The molecule has 0 spiro atoms. The maximum Gasteiger partial charge on any atom is 0.251 e. The lowest BCUT2D eigenvalue weighted by atomic mass is 9.90. The number of thioether (sulfide) groups is 1. The highest BCUT2D eigenvalue weighted by Crippen LogP contribution is 2.35. The second-order valence-electron chi connectivity index (χ2n) is 6.94. The van der Waals surface area contributed by atoms with Gasteiger partial charge in [-0.25, -0.2) is 0 Å². The second-order valence-corrected chi connectivity index (χ2v) is 8.94. The number of nitrogens with zero attached hydrogens (tertiary/aromatic N) is 2. The van der Waals surface area contributed by atoms with Gasteiger partial charge in [0.05, 0.1) is 0 Å². The predicted octanol–water partition coefficient (Wildman–Crippen LogP) is 4.08. The fraction of sp³-hybridized carbons (Fsp3) is 0.500. The van der Waals surface area contributed by atoms with E-state index in [0.29, 0.717) is 23.0 Å². The number of benzene rings is 1. The molecule has 0 aliphatic heterocycles. The van der Waals surface area contributed by atoms with Crippen molar-refractivity contribution in [2.45, 2.75) is 50.5 Å². The highest BCUT2D eigenvalue weighted by Gasteiger charge is 2.24. The van der Waals surface area contributed by atoms with Crippen LogP contribution in [0.2, 0.25) is 0 Å². The summed E-state index contributed by atoms with van der Waals surface area (Å²) < 4.78 is 0. The molecule has 3 rings (SSSR count). The van der Waals surface area contributed by atoms with Gasteiger partial charge in [-0.2, -0.15) is 11.8 Å². The van der Waals surface area contributed by atoms with Crippen LogP contribution in [-0.4, -0.2) is 40.1 Å². The molecule has 0 bridgehead atoms. The zero-order valence-electron chi connectivity index (χ0n) is 16.0. The molecule has 1 saturated carbocycles. The number of amides is 2. The van der Waals surface area contributed by atoms with Crippen LogP contribution in [-0.2, 0) is 4.79 Å². The summed E-state index contributed by atoms with van der Waals surface area (Å²) in [5, 5.41) is 15.6. The Morgan fingerprint density at radius 1 is 1.18 bits per heavy atom. The molecule has 8 heteroatoms. The lowest BCUT2D eigenvalue weighted by molar-refractivity contribution is -0.118. The van der Waals surface area contributed by atoms with Crippen LogP contribution < -0.4 is 10.6 Å². The van der Waals surface area contributed by atoms with Gasteiger partial charge in [0.2, 0.25) is 11.0 Å². The van der Waals surface area contributed by atoms with Crippen LogP contribution in [0.1, 0.15) is 59.8 Å². The molecule has 0 radical (unpaired) electrons. The fourth-order valence-electron chi connectivity index (χ4n) is 3.33. The lowest BCUT2D eigenvalue weighted by Crippen LogP contribution is -2.44. The van der Waals surface area contributed by atoms with E-state index in [1.807, 2.05) is 12.3 Å². The first-order valence-electron chi connectivity index (χ1n) is 9.66. The van der Waals surface area contributed by atoms with Crippen molar-refractivity contribution < 1.29 is 9.59 Å². The van der Waals surface area contributed by atoms with Crippen molar-refractivity contribution >= 4 is 40.0 Å². The Morgan fingerprint density at radius 2 is 1.93 bits per heavy atom. The summed E-state index contributed by atoms with van der Waals surface area (Å²) in [6.45, 7) is 0. The minimum absolute atomic E-state index is 0.246. The number of rotatable bonds is 8. The Bertz CT molecular complexity index is 776. The van der Waals surface area contributed by atoms with Crippen molar-refractivity contribution in [3.8, 4) is 0 Å². The average molecular weight is 419 g/mol. The molecule has 2 aromatic rings. The fourth-order valence-corrected chi connectivity index (χ4v) is 4.71. The third kappa shape index (κ3) is 5.78. The molecule has 0 saturated heterocycles. The molecule has 150 valence electrons. The van der Waals surface area contributed by atoms with Crippen molar-refractivity contribution in [3.05, 3.63) is 40.9 Å². The van der Waals surface area contributed by atoms with Crippen LogP contribution in [0.25, 0.3) is 0 Å². The number of hydrogen-bond donors (Lipinski definition) is 2. The molecule has 1 aliphatic carbocycles. The largest absolute Gasteiger partial charge is 0.340 e. The molecule has 2 N–H and O–H groups in total. The maximum atomic E-state index is 12.8. The van der Waals surface area contributed by atoms with Crippen LogP contribution in [0, 0.1) is 0 Å². The van der Waals surface area contributed by atoms with Gasteiger partial charge in [0.15, 0.2) is 0 Å². The van der Waals surface area contributed by atoms with Gasteiger partial charge in [0.1, 0.15) is 11.0 Å². The zero-order valence-corrected chi connectivity index (χ0v) is 17.7. The smallest absolute Gasteiger partial charge is 0.251 e. The molecule has 1 heterocycles. The Labute approximate surface area is 173 Å². The summed E-state index contributed by atoms with van der Waals surface area (Å²) in [6.07, 6.45) is 8.58. The van der Waals surface area contributed by atoms with Crippen LogP contribution >= 0.6 is 23.1 Å². The van der Waals surface area contributed by atoms with E-state index in [2.05, 4.69) is 20.8 Å². The van der Waals surface area contributed by atoms with Crippen molar-refractivity contribution in [1.29, 1.82) is 0 Å². The molecular weight excluding hydrogens is 392 g/mol. The molecule has 2 amide bonds.